The molecule has 5 nitrogen and oxygen atoms in total. The smallest absolute Gasteiger partial charge is 0.243 e. The minimum Gasteiger partial charge on any atom is -0.377 e. The fraction of sp³-hybridized carbons (Fsp3) is 0.778. The average molecular weight is 199 g/mol. The van der Waals surface area contributed by atoms with E-state index in [0.29, 0.717) is 24.2 Å². The molecule has 0 fully saturated rings. The molecule has 80 valence electrons. The number of rotatable bonds is 5. The van der Waals surface area contributed by atoms with Gasteiger partial charge in [0.25, 0.3) is 0 Å². The molecule has 0 unspecified atom stereocenters. The van der Waals surface area contributed by atoms with Crippen LogP contribution in [0, 0.1) is 5.92 Å². The minimum atomic E-state index is -0.173. The summed E-state index contributed by atoms with van der Waals surface area (Å²) in [6.07, 6.45) is 0.842. The Balaban J connectivity index is 2.57. The molecule has 0 spiro atoms. The highest BCUT2D eigenvalue weighted by Gasteiger charge is 2.15. The predicted octanol–water partition coefficient (Wildman–Crippen LogP) is 1.26. The molecule has 5 heteroatoms. The summed E-state index contributed by atoms with van der Waals surface area (Å²) in [6.45, 7) is 4.57. The standard InChI is InChI=1S/C9H17N3O2/c1-6(2)4-7(10)9-11-8(5-13-3)12-14-9/h6-7H,4-5,10H2,1-3H3/t7-/m1/s1. The van der Waals surface area contributed by atoms with E-state index in [-0.39, 0.29) is 6.04 Å². The number of hydrogen-bond acceptors (Lipinski definition) is 5. The summed E-state index contributed by atoms with van der Waals surface area (Å²) in [6, 6.07) is -0.173. The second kappa shape index (κ2) is 5.07. The maximum absolute atomic E-state index is 5.87. The summed E-state index contributed by atoms with van der Waals surface area (Å²) >= 11 is 0. The molecular weight excluding hydrogens is 182 g/mol. The highest BCUT2D eigenvalue weighted by Crippen LogP contribution is 2.16. The quantitative estimate of drug-likeness (QED) is 0.772. The van der Waals surface area contributed by atoms with E-state index in [1.54, 1.807) is 7.11 Å². The van der Waals surface area contributed by atoms with Crippen LogP contribution in [0.4, 0.5) is 0 Å². The fourth-order valence-electron chi connectivity index (χ4n) is 1.21. The normalized spacial score (nSPS) is 13.5. The van der Waals surface area contributed by atoms with Crippen molar-refractivity contribution in [2.24, 2.45) is 11.7 Å². The van der Waals surface area contributed by atoms with Crippen molar-refractivity contribution in [1.82, 2.24) is 10.1 Å². The van der Waals surface area contributed by atoms with Crippen LogP contribution < -0.4 is 5.73 Å². The first-order valence-corrected chi connectivity index (χ1v) is 4.70. The highest BCUT2D eigenvalue weighted by atomic mass is 16.5. The maximum atomic E-state index is 5.87. The van der Waals surface area contributed by atoms with Crippen LogP contribution in [0.25, 0.3) is 0 Å². The molecule has 1 rings (SSSR count). The molecule has 1 aromatic heterocycles. The van der Waals surface area contributed by atoms with E-state index in [1.165, 1.54) is 0 Å². The summed E-state index contributed by atoms with van der Waals surface area (Å²) in [5.74, 6) is 1.55. The topological polar surface area (TPSA) is 74.2 Å². The first-order chi connectivity index (χ1) is 6.63. The Morgan fingerprint density at radius 3 is 2.79 bits per heavy atom. The van der Waals surface area contributed by atoms with Crippen LogP contribution in [0.3, 0.4) is 0 Å². The Kier molecular flexibility index (Phi) is 4.03. The van der Waals surface area contributed by atoms with Gasteiger partial charge in [-0.15, -0.1) is 0 Å². The number of ether oxygens (including phenoxy) is 1. The summed E-state index contributed by atoms with van der Waals surface area (Å²) in [5, 5.41) is 3.74. The third-order valence-corrected chi connectivity index (χ3v) is 1.80. The molecular formula is C9H17N3O2. The zero-order valence-electron chi connectivity index (χ0n) is 8.86. The SMILES string of the molecule is COCc1noc([C@H](N)CC(C)C)n1. The van der Waals surface area contributed by atoms with E-state index >= 15 is 0 Å². The van der Waals surface area contributed by atoms with Crippen LogP contribution in [0.5, 0.6) is 0 Å². The van der Waals surface area contributed by atoms with Gasteiger partial charge in [0.05, 0.1) is 6.04 Å². The lowest BCUT2D eigenvalue weighted by atomic mass is 10.0. The molecule has 0 bridgehead atoms. The molecule has 0 aliphatic heterocycles. The molecule has 14 heavy (non-hydrogen) atoms. The van der Waals surface area contributed by atoms with Gasteiger partial charge in [-0.25, -0.2) is 0 Å². The van der Waals surface area contributed by atoms with Gasteiger partial charge < -0.3 is 15.0 Å². The van der Waals surface area contributed by atoms with Crippen LogP contribution in [-0.2, 0) is 11.3 Å². The van der Waals surface area contributed by atoms with Gasteiger partial charge in [-0.2, -0.15) is 4.98 Å². The van der Waals surface area contributed by atoms with E-state index in [4.69, 9.17) is 15.0 Å². The molecule has 0 saturated heterocycles. The summed E-state index contributed by atoms with van der Waals surface area (Å²) in [4.78, 5) is 4.13. The summed E-state index contributed by atoms with van der Waals surface area (Å²) in [5.41, 5.74) is 5.87. The van der Waals surface area contributed by atoms with Crippen LogP contribution >= 0.6 is 0 Å². The van der Waals surface area contributed by atoms with Crippen LogP contribution in [0.2, 0.25) is 0 Å². The Morgan fingerprint density at radius 2 is 2.21 bits per heavy atom. The molecule has 2 N–H and O–H groups in total. The Bertz CT molecular complexity index is 273. The first-order valence-electron chi connectivity index (χ1n) is 4.70. The van der Waals surface area contributed by atoms with Crippen LogP contribution in [0.15, 0.2) is 4.52 Å². The molecule has 1 heterocycles. The largest absolute Gasteiger partial charge is 0.377 e. The summed E-state index contributed by atoms with van der Waals surface area (Å²) in [7, 11) is 1.59. The highest BCUT2D eigenvalue weighted by molar-refractivity contribution is 4.90. The number of hydrogen-bond donors (Lipinski definition) is 1. The van der Waals surface area contributed by atoms with Gasteiger partial charge in [0.1, 0.15) is 6.61 Å². The Labute approximate surface area is 83.6 Å². The number of nitrogens with two attached hydrogens (primary N) is 1. The lowest BCUT2D eigenvalue weighted by Crippen LogP contribution is -2.13. The maximum Gasteiger partial charge on any atom is 0.243 e. The lowest BCUT2D eigenvalue weighted by Gasteiger charge is -2.08. The minimum absolute atomic E-state index is 0.173. The van der Waals surface area contributed by atoms with Crippen molar-refractivity contribution in [3.63, 3.8) is 0 Å². The number of aromatic nitrogens is 2. The number of nitrogens with zero attached hydrogens (tertiary/aromatic N) is 2. The van der Waals surface area contributed by atoms with Gasteiger partial charge in [-0.05, 0) is 12.3 Å². The van der Waals surface area contributed by atoms with Crippen molar-refractivity contribution in [2.75, 3.05) is 7.11 Å². The molecule has 0 saturated carbocycles. The van der Waals surface area contributed by atoms with Crippen molar-refractivity contribution in [2.45, 2.75) is 32.9 Å². The van der Waals surface area contributed by atoms with Gasteiger partial charge >= 0.3 is 0 Å². The van der Waals surface area contributed by atoms with Gasteiger partial charge in [0.15, 0.2) is 5.82 Å². The molecule has 0 radical (unpaired) electrons. The fourth-order valence-corrected chi connectivity index (χ4v) is 1.21. The van der Waals surface area contributed by atoms with Gasteiger partial charge in [-0.1, -0.05) is 19.0 Å². The lowest BCUT2D eigenvalue weighted by molar-refractivity contribution is 0.174. The second-order valence-electron chi connectivity index (χ2n) is 3.72. The Morgan fingerprint density at radius 1 is 1.50 bits per heavy atom. The van der Waals surface area contributed by atoms with Crippen LogP contribution in [-0.4, -0.2) is 17.3 Å². The van der Waals surface area contributed by atoms with E-state index < -0.39 is 0 Å². The predicted molar refractivity (Wildman–Crippen MR) is 51.4 cm³/mol. The van der Waals surface area contributed by atoms with Crippen molar-refractivity contribution in [3.8, 4) is 0 Å². The third kappa shape index (κ3) is 3.08. The average Bonchev–Trinajstić information content (AvgIpc) is 2.52. The third-order valence-electron chi connectivity index (χ3n) is 1.80. The van der Waals surface area contributed by atoms with E-state index in [0.717, 1.165) is 6.42 Å². The number of methoxy groups -OCH3 is 1. The molecule has 1 aromatic rings. The molecule has 0 aromatic carbocycles. The zero-order chi connectivity index (χ0) is 10.6. The van der Waals surface area contributed by atoms with E-state index in [2.05, 4.69) is 24.0 Å². The zero-order valence-corrected chi connectivity index (χ0v) is 8.86. The Hall–Kier alpha value is -0.940. The van der Waals surface area contributed by atoms with Crippen LogP contribution in [0.1, 0.15) is 38.0 Å². The van der Waals surface area contributed by atoms with Crippen molar-refractivity contribution in [1.29, 1.82) is 0 Å². The summed E-state index contributed by atoms with van der Waals surface area (Å²) < 4.78 is 9.89. The first kappa shape index (κ1) is 11.1. The molecule has 0 aliphatic rings. The van der Waals surface area contributed by atoms with E-state index in [9.17, 15) is 0 Å². The van der Waals surface area contributed by atoms with Crippen molar-refractivity contribution >= 4 is 0 Å². The second-order valence-corrected chi connectivity index (χ2v) is 3.72. The molecule has 1 atom stereocenters. The molecule has 0 aliphatic carbocycles. The van der Waals surface area contributed by atoms with E-state index in [1.807, 2.05) is 0 Å². The monoisotopic (exact) mass is 199 g/mol. The van der Waals surface area contributed by atoms with Gasteiger partial charge in [0.2, 0.25) is 5.89 Å². The van der Waals surface area contributed by atoms with Crippen molar-refractivity contribution < 1.29 is 9.26 Å². The van der Waals surface area contributed by atoms with Gasteiger partial charge in [-0.3, -0.25) is 0 Å². The van der Waals surface area contributed by atoms with Crippen molar-refractivity contribution in [3.05, 3.63) is 11.7 Å². The van der Waals surface area contributed by atoms with Gasteiger partial charge in [0, 0.05) is 7.11 Å². The molecule has 0 amide bonds.